The maximum Gasteiger partial charge on any atom is 0.256 e. The lowest BCUT2D eigenvalue weighted by atomic mass is 9.89. The van der Waals surface area contributed by atoms with Crippen LogP contribution in [0.25, 0.3) is 10.9 Å². The number of ether oxygens (including phenoxy) is 1. The highest BCUT2D eigenvalue weighted by Crippen LogP contribution is 2.45. The first-order valence-electron chi connectivity index (χ1n) is 10.6. The van der Waals surface area contributed by atoms with E-state index in [4.69, 9.17) is 17.0 Å². The fourth-order valence-corrected chi connectivity index (χ4v) is 5.45. The number of benzene rings is 3. The van der Waals surface area contributed by atoms with Gasteiger partial charge in [0.1, 0.15) is 11.8 Å². The molecule has 1 N–H and O–H groups in total. The number of carbonyl (C=O) groups excluding carboxylic acids is 1. The minimum absolute atomic E-state index is 0.0237. The summed E-state index contributed by atoms with van der Waals surface area (Å²) in [4.78, 5) is 21.1. The van der Waals surface area contributed by atoms with Gasteiger partial charge in [-0.2, -0.15) is 0 Å². The molecule has 0 bridgehead atoms. The Morgan fingerprint density at radius 1 is 0.969 bits per heavy atom. The Hall–Kier alpha value is -3.64. The van der Waals surface area contributed by atoms with Crippen LogP contribution in [0, 0.1) is 0 Å². The second kappa shape index (κ2) is 7.21. The molecule has 3 aromatic carbocycles. The number of carbonyl (C=O) groups is 1. The number of aromatic amines is 1. The van der Waals surface area contributed by atoms with Gasteiger partial charge in [-0.1, -0.05) is 48.5 Å². The number of thiocarbonyl (C=S) groups is 1. The summed E-state index contributed by atoms with van der Waals surface area (Å²) >= 11 is 5.93. The number of fused-ring (bicyclic) bond motifs is 4. The molecule has 158 valence electrons. The Balaban J connectivity index is 1.54. The van der Waals surface area contributed by atoms with Gasteiger partial charge in [0.25, 0.3) is 5.91 Å². The molecule has 2 atom stereocenters. The fourth-order valence-electron chi connectivity index (χ4n) is 5.02. The first kappa shape index (κ1) is 19.1. The topological polar surface area (TPSA) is 48.6 Å². The van der Waals surface area contributed by atoms with Crippen molar-refractivity contribution in [3.63, 3.8) is 0 Å². The highest BCUT2D eigenvalue weighted by Gasteiger charge is 2.50. The number of para-hydroxylation sites is 2. The second-order valence-corrected chi connectivity index (χ2v) is 8.52. The predicted octanol–water partition coefficient (Wildman–Crippen LogP) is 4.82. The summed E-state index contributed by atoms with van der Waals surface area (Å²) in [6, 6.07) is 25.4. The fraction of sp³-hybridized carbons (Fsp3) is 0.154. The molecule has 0 radical (unpaired) electrons. The van der Waals surface area contributed by atoms with Crippen molar-refractivity contribution < 1.29 is 9.53 Å². The average molecular weight is 440 g/mol. The van der Waals surface area contributed by atoms with E-state index < -0.39 is 0 Å². The van der Waals surface area contributed by atoms with Gasteiger partial charge in [0, 0.05) is 23.0 Å². The second-order valence-electron chi connectivity index (χ2n) is 8.16. The van der Waals surface area contributed by atoms with E-state index in [2.05, 4.69) is 34.1 Å². The van der Waals surface area contributed by atoms with E-state index in [1.54, 1.807) is 12.0 Å². The monoisotopic (exact) mass is 439 g/mol. The Morgan fingerprint density at radius 3 is 2.44 bits per heavy atom. The molecule has 1 aromatic heterocycles. The van der Waals surface area contributed by atoms with Crippen molar-refractivity contribution in [2.75, 3.05) is 12.0 Å². The summed E-state index contributed by atoms with van der Waals surface area (Å²) < 4.78 is 5.36. The molecule has 1 saturated heterocycles. The molecule has 6 rings (SSSR count). The lowest BCUT2D eigenvalue weighted by molar-refractivity contribution is -0.120. The van der Waals surface area contributed by atoms with Gasteiger partial charge in [-0.15, -0.1) is 0 Å². The van der Waals surface area contributed by atoms with Gasteiger partial charge >= 0.3 is 0 Å². The summed E-state index contributed by atoms with van der Waals surface area (Å²) in [6.45, 7) is 0. The zero-order valence-electron chi connectivity index (χ0n) is 17.5. The molecular formula is C26H21N3O2S. The van der Waals surface area contributed by atoms with Gasteiger partial charge in [0.2, 0.25) is 0 Å². The largest absolute Gasteiger partial charge is 0.497 e. The first-order valence-corrected chi connectivity index (χ1v) is 11.0. The van der Waals surface area contributed by atoms with Crippen LogP contribution in [0.15, 0.2) is 78.9 Å². The lowest BCUT2D eigenvalue weighted by Crippen LogP contribution is -2.44. The predicted molar refractivity (Wildman–Crippen MR) is 129 cm³/mol. The van der Waals surface area contributed by atoms with E-state index >= 15 is 0 Å². The third-order valence-electron chi connectivity index (χ3n) is 6.50. The number of anilines is 1. The molecule has 0 spiro atoms. The quantitative estimate of drug-likeness (QED) is 0.465. The van der Waals surface area contributed by atoms with Crippen molar-refractivity contribution in [2.45, 2.75) is 18.5 Å². The summed E-state index contributed by atoms with van der Waals surface area (Å²) in [7, 11) is 1.66. The van der Waals surface area contributed by atoms with E-state index in [1.165, 1.54) is 5.56 Å². The van der Waals surface area contributed by atoms with Crippen LogP contribution in [0.1, 0.15) is 22.9 Å². The lowest BCUT2D eigenvalue weighted by Gasteiger charge is -2.37. The summed E-state index contributed by atoms with van der Waals surface area (Å²) in [5, 5.41) is 1.70. The van der Waals surface area contributed by atoms with E-state index in [9.17, 15) is 4.79 Å². The van der Waals surface area contributed by atoms with Crippen LogP contribution in [0.5, 0.6) is 5.75 Å². The van der Waals surface area contributed by atoms with Gasteiger partial charge in [-0.05, 0) is 53.7 Å². The molecular weight excluding hydrogens is 418 g/mol. The standard InChI is InChI=1S/C26H21N3O2S/c1-31-18-13-11-16(12-14-18)24-23-20(19-9-5-6-10-21(19)27-23)15-22-25(30)28(26(32)29(22)24)17-7-3-2-4-8-17/h2-14,22,24,27H,15H2,1H3/t22-,24+/m0/s1. The molecule has 0 unspecified atom stereocenters. The Kier molecular flexibility index (Phi) is 4.30. The van der Waals surface area contributed by atoms with E-state index in [0.717, 1.165) is 33.6 Å². The minimum atomic E-state index is -0.346. The zero-order valence-corrected chi connectivity index (χ0v) is 18.3. The summed E-state index contributed by atoms with van der Waals surface area (Å²) in [5.41, 5.74) is 5.23. The highest BCUT2D eigenvalue weighted by molar-refractivity contribution is 7.80. The van der Waals surface area contributed by atoms with Crippen LogP contribution < -0.4 is 9.64 Å². The van der Waals surface area contributed by atoms with E-state index in [0.29, 0.717) is 11.5 Å². The van der Waals surface area contributed by atoms with Crippen LogP contribution in [0.2, 0.25) is 0 Å². The number of hydrogen-bond acceptors (Lipinski definition) is 3. The number of amides is 1. The summed E-state index contributed by atoms with van der Waals surface area (Å²) in [6.07, 6.45) is 0.619. The van der Waals surface area contributed by atoms with Crippen LogP contribution >= 0.6 is 12.2 Å². The SMILES string of the molecule is COc1ccc([C@@H]2c3[nH]c4ccccc4c3C[C@H]3C(=O)N(c4ccccc4)C(=S)N23)cc1. The van der Waals surface area contributed by atoms with Crippen LogP contribution in [0.3, 0.4) is 0 Å². The number of methoxy groups -OCH3 is 1. The molecule has 3 heterocycles. The molecule has 6 heteroatoms. The maximum atomic E-state index is 13.7. The molecule has 2 aliphatic rings. The third-order valence-corrected chi connectivity index (χ3v) is 6.89. The highest BCUT2D eigenvalue weighted by atomic mass is 32.1. The maximum absolute atomic E-state index is 13.7. The number of aromatic nitrogens is 1. The minimum Gasteiger partial charge on any atom is -0.497 e. The molecule has 0 aliphatic carbocycles. The molecule has 1 fully saturated rings. The average Bonchev–Trinajstić information content (AvgIpc) is 3.33. The third kappa shape index (κ3) is 2.69. The van der Waals surface area contributed by atoms with Crippen molar-refractivity contribution in [3.8, 4) is 5.75 Å². The molecule has 32 heavy (non-hydrogen) atoms. The van der Waals surface area contributed by atoms with Crippen molar-refractivity contribution in [1.29, 1.82) is 0 Å². The van der Waals surface area contributed by atoms with Gasteiger partial charge in [0.05, 0.1) is 18.8 Å². The number of nitrogens with one attached hydrogen (secondary N) is 1. The van der Waals surface area contributed by atoms with Crippen molar-refractivity contribution in [2.24, 2.45) is 0 Å². The molecule has 2 aliphatic heterocycles. The van der Waals surface area contributed by atoms with Gasteiger partial charge in [-0.25, -0.2) is 0 Å². The van der Waals surface area contributed by atoms with E-state index in [-0.39, 0.29) is 18.0 Å². The van der Waals surface area contributed by atoms with Gasteiger partial charge in [-0.3, -0.25) is 9.69 Å². The molecule has 1 amide bonds. The van der Waals surface area contributed by atoms with Gasteiger partial charge in [0.15, 0.2) is 5.11 Å². The van der Waals surface area contributed by atoms with Gasteiger partial charge < -0.3 is 14.6 Å². The normalized spacial score (nSPS) is 19.9. The smallest absolute Gasteiger partial charge is 0.256 e. The molecule has 4 aromatic rings. The Labute approximate surface area is 191 Å². The van der Waals surface area contributed by atoms with Crippen LogP contribution in [0.4, 0.5) is 5.69 Å². The molecule has 5 nitrogen and oxygen atoms in total. The first-order chi connectivity index (χ1) is 15.7. The van der Waals surface area contributed by atoms with Crippen LogP contribution in [-0.2, 0) is 11.2 Å². The van der Waals surface area contributed by atoms with Crippen LogP contribution in [-0.4, -0.2) is 34.1 Å². The van der Waals surface area contributed by atoms with Crippen molar-refractivity contribution >= 4 is 39.8 Å². The van der Waals surface area contributed by atoms with Crippen molar-refractivity contribution in [3.05, 3.63) is 95.7 Å². The number of H-pyrrole nitrogens is 1. The zero-order chi connectivity index (χ0) is 21.8. The van der Waals surface area contributed by atoms with Crippen molar-refractivity contribution in [1.82, 2.24) is 9.88 Å². The number of nitrogens with zero attached hydrogens (tertiary/aromatic N) is 2. The van der Waals surface area contributed by atoms with E-state index in [1.807, 2.05) is 54.6 Å². The summed E-state index contributed by atoms with van der Waals surface area (Å²) in [5.74, 6) is 0.819. The Morgan fingerprint density at radius 2 is 1.69 bits per heavy atom. The number of hydrogen-bond donors (Lipinski definition) is 1. The Bertz CT molecular complexity index is 1350. The number of rotatable bonds is 3. The molecule has 0 saturated carbocycles.